The van der Waals surface area contributed by atoms with E-state index in [0.29, 0.717) is 12.1 Å². The summed E-state index contributed by atoms with van der Waals surface area (Å²) in [4.78, 5) is 2.64. The van der Waals surface area contributed by atoms with E-state index in [9.17, 15) is 0 Å². The van der Waals surface area contributed by atoms with Crippen molar-refractivity contribution in [3.63, 3.8) is 0 Å². The van der Waals surface area contributed by atoms with Gasteiger partial charge in [0.15, 0.2) is 0 Å². The third kappa shape index (κ3) is 2.84. The Morgan fingerprint density at radius 2 is 1.89 bits per heavy atom. The fourth-order valence-corrected chi connectivity index (χ4v) is 5.69. The Hall–Kier alpha value is -1.68. The lowest BCUT2D eigenvalue weighted by atomic mass is 9.79. The maximum Gasteiger partial charge on any atom is 0.0847 e. The second-order valence-corrected chi connectivity index (χ2v) is 8.46. The maximum atomic E-state index is 6.08. The summed E-state index contributed by atoms with van der Waals surface area (Å²) in [6, 6.07) is 16.3. The van der Waals surface area contributed by atoms with Gasteiger partial charge in [-0.15, -0.1) is 0 Å². The number of likely N-dealkylation sites (tertiary alicyclic amines) is 1. The molecule has 3 heteroatoms. The molecule has 0 unspecified atom stereocenters. The number of methoxy groups -OCH3 is 2. The van der Waals surface area contributed by atoms with Crippen LogP contribution in [0.3, 0.4) is 0 Å². The molecule has 3 aliphatic rings. The highest BCUT2D eigenvalue weighted by Crippen LogP contribution is 2.44. The quantitative estimate of drug-likeness (QED) is 0.685. The Labute approximate surface area is 162 Å². The Bertz CT molecular complexity index is 848. The summed E-state index contributed by atoms with van der Waals surface area (Å²) in [5.74, 6) is 0. The van der Waals surface area contributed by atoms with Gasteiger partial charge in [0.2, 0.25) is 0 Å². The maximum absolute atomic E-state index is 6.08. The average Bonchev–Trinajstić information content (AvgIpc) is 3.26. The van der Waals surface area contributed by atoms with E-state index in [1.807, 2.05) is 14.2 Å². The molecule has 0 amide bonds. The van der Waals surface area contributed by atoms with Crippen molar-refractivity contribution in [1.82, 2.24) is 4.90 Å². The van der Waals surface area contributed by atoms with Gasteiger partial charge in [-0.05, 0) is 59.9 Å². The van der Waals surface area contributed by atoms with Crippen LogP contribution in [0.1, 0.15) is 42.4 Å². The second-order valence-electron chi connectivity index (χ2n) is 8.46. The highest BCUT2D eigenvalue weighted by Gasteiger charge is 2.50. The van der Waals surface area contributed by atoms with Gasteiger partial charge in [0.25, 0.3) is 0 Å². The van der Waals surface area contributed by atoms with E-state index in [4.69, 9.17) is 9.47 Å². The molecule has 0 radical (unpaired) electrons. The molecule has 3 nitrogen and oxygen atoms in total. The van der Waals surface area contributed by atoms with Crippen LogP contribution in [0.2, 0.25) is 0 Å². The Morgan fingerprint density at radius 3 is 2.74 bits per heavy atom. The van der Waals surface area contributed by atoms with Crippen LogP contribution in [0.4, 0.5) is 0 Å². The lowest BCUT2D eigenvalue weighted by molar-refractivity contribution is -0.0947. The van der Waals surface area contributed by atoms with E-state index in [-0.39, 0.29) is 5.60 Å². The van der Waals surface area contributed by atoms with Gasteiger partial charge >= 0.3 is 0 Å². The zero-order valence-corrected chi connectivity index (χ0v) is 16.4. The molecular formula is C24H29NO2. The first-order chi connectivity index (χ1) is 13.2. The number of hydrogen-bond acceptors (Lipinski definition) is 3. The van der Waals surface area contributed by atoms with Crippen LogP contribution in [0.15, 0.2) is 42.5 Å². The first-order valence-electron chi connectivity index (χ1n) is 10.2. The number of hydrogen-bond donors (Lipinski definition) is 0. The Balaban J connectivity index is 1.37. The van der Waals surface area contributed by atoms with Crippen molar-refractivity contribution < 1.29 is 9.47 Å². The number of rotatable bonds is 4. The zero-order chi connectivity index (χ0) is 18.4. The third-order valence-electron chi connectivity index (χ3n) is 7.23. The number of fused-ring (bicyclic) bond motifs is 4. The molecule has 0 aromatic heterocycles. The summed E-state index contributed by atoms with van der Waals surface area (Å²) in [7, 11) is 3.75. The van der Waals surface area contributed by atoms with Crippen LogP contribution in [0.5, 0.6) is 0 Å². The highest BCUT2D eigenvalue weighted by molar-refractivity contribution is 5.76. The molecule has 27 heavy (non-hydrogen) atoms. The fourth-order valence-electron chi connectivity index (χ4n) is 5.69. The number of nitrogens with zero attached hydrogens (tertiary/aromatic N) is 1. The van der Waals surface area contributed by atoms with E-state index < -0.39 is 0 Å². The zero-order valence-electron chi connectivity index (χ0n) is 16.4. The predicted molar refractivity (Wildman–Crippen MR) is 108 cm³/mol. The number of ether oxygens (including phenoxy) is 2. The summed E-state index contributed by atoms with van der Waals surface area (Å²) in [5.41, 5.74) is 7.21. The molecule has 1 heterocycles. The van der Waals surface area contributed by atoms with Crippen LogP contribution in [0.25, 0.3) is 11.1 Å². The van der Waals surface area contributed by atoms with E-state index in [1.165, 1.54) is 27.8 Å². The van der Waals surface area contributed by atoms with Gasteiger partial charge in [-0.2, -0.15) is 0 Å². The molecule has 2 aromatic carbocycles. The van der Waals surface area contributed by atoms with E-state index in [0.717, 1.165) is 45.2 Å². The molecular weight excluding hydrogens is 334 g/mol. The van der Waals surface area contributed by atoms with E-state index >= 15 is 0 Å². The van der Waals surface area contributed by atoms with Gasteiger partial charge in [0, 0.05) is 33.4 Å². The SMILES string of the molecule is CO[C@H]1CC[C@@]2(OC)CCN(Cc3ccc4c(c3)Cc3ccccc3-4)[C@H]2C1. The average molecular weight is 364 g/mol. The molecule has 2 fully saturated rings. The van der Waals surface area contributed by atoms with Crippen LogP contribution < -0.4 is 0 Å². The summed E-state index contributed by atoms with van der Waals surface area (Å²) < 4.78 is 11.8. The molecule has 3 atom stereocenters. The normalized spacial score (nSPS) is 29.4. The molecule has 0 bridgehead atoms. The topological polar surface area (TPSA) is 21.7 Å². The predicted octanol–water partition coefficient (Wildman–Crippen LogP) is 4.42. The minimum Gasteiger partial charge on any atom is -0.381 e. The molecule has 1 saturated heterocycles. The third-order valence-corrected chi connectivity index (χ3v) is 7.23. The van der Waals surface area contributed by atoms with Crippen LogP contribution >= 0.6 is 0 Å². The molecule has 1 saturated carbocycles. The molecule has 0 spiro atoms. The van der Waals surface area contributed by atoms with Crippen molar-refractivity contribution in [3.05, 3.63) is 59.2 Å². The van der Waals surface area contributed by atoms with Gasteiger partial charge in [-0.25, -0.2) is 0 Å². The summed E-state index contributed by atoms with van der Waals surface area (Å²) in [5, 5.41) is 0. The largest absolute Gasteiger partial charge is 0.381 e. The van der Waals surface area contributed by atoms with Crippen LogP contribution in [0, 0.1) is 0 Å². The molecule has 0 N–H and O–H groups in total. The molecule has 142 valence electrons. The van der Waals surface area contributed by atoms with E-state index in [1.54, 1.807) is 0 Å². The fraction of sp³-hybridized carbons (Fsp3) is 0.500. The highest BCUT2D eigenvalue weighted by atomic mass is 16.5. The molecule has 2 aromatic rings. The van der Waals surface area contributed by atoms with Gasteiger partial charge < -0.3 is 9.47 Å². The Kier molecular flexibility index (Phi) is 4.34. The monoisotopic (exact) mass is 363 g/mol. The van der Waals surface area contributed by atoms with Crippen LogP contribution in [-0.2, 0) is 22.4 Å². The van der Waals surface area contributed by atoms with Crippen molar-refractivity contribution in [3.8, 4) is 11.1 Å². The standard InChI is InChI=1S/C24H29NO2/c1-26-20-9-10-24(27-2)11-12-25(23(24)15-20)16-17-7-8-22-19(13-17)14-18-5-3-4-6-21(18)22/h3-8,13,20,23H,9-12,14-16H2,1-2H3/t20-,23-,24+/m0/s1. The molecule has 5 rings (SSSR count). The van der Waals surface area contributed by atoms with Crippen molar-refractivity contribution in [1.29, 1.82) is 0 Å². The minimum atomic E-state index is 0.0298. The van der Waals surface area contributed by atoms with Gasteiger partial charge in [-0.1, -0.05) is 42.5 Å². The van der Waals surface area contributed by atoms with Gasteiger partial charge in [0.1, 0.15) is 0 Å². The van der Waals surface area contributed by atoms with E-state index in [2.05, 4.69) is 47.4 Å². The summed E-state index contributed by atoms with van der Waals surface area (Å²) in [6.45, 7) is 2.13. The second kappa shape index (κ2) is 6.73. The summed E-state index contributed by atoms with van der Waals surface area (Å²) in [6.07, 6.45) is 5.89. The van der Waals surface area contributed by atoms with Gasteiger partial charge in [0.05, 0.1) is 11.7 Å². The lowest BCUT2D eigenvalue weighted by Gasteiger charge is -2.43. The van der Waals surface area contributed by atoms with Crippen LogP contribution in [-0.4, -0.2) is 43.4 Å². The van der Waals surface area contributed by atoms with Crippen molar-refractivity contribution >= 4 is 0 Å². The molecule has 1 aliphatic heterocycles. The van der Waals surface area contributed by atoms with Crippen molar-refractivity contribution in [2.75, 3.05) is 20.8 Å². The van der Waals surface area contributed by atoms with Crippen molar-refractivity contribution in [2.45, 2.75) is 56.4 Å². The molecule has 2 aliphatic carbocycles. The summed E-state index contributed by atoms with van der Waals surface area (Å²) >= 11 is 0. The first-order valence-corrected chi connectivity index (χ1v) is 10.2. The smallest absolute Gasteiger partial charge is 0.0847 e. The first kappa shape index (κ1) is 17.4. The number of benzene rings is 2. The Morgan fingerprint density at radius 1 is 1.04 bits per heavy atom. The lowest BCUT2D eigenvalue weighted by Crippen LogP contribution is -2.51. The van der Waals surface area contributed by atoms with Gasteiger partial charge in [-0.3, -0.25) is 4.90 Å². The minimum absolute atomic E-state index is 0.0298. The van der Waals surface area contributed by atoms with Crippen molar-refractivity contribution in [2.24, 2.45) is 0 Å².